The summed E-state index contributed by atoms with van der Waals surface area (Å²) in [5, 5.41) is 0. The topological polar surface area (TPSA) is 26.3 Å². The summed E-state index contributed by atoms with van der Waals surface area (Å²) in [4.78, 5) is 11.1. The molecule has 0 amide bonds. The normalized spacial score (nSPS) is 11.2. The molecule has 0 heterocycles. The highest BCUT2D eigenvalue weighted by atomic mass is 16.5. The molecule has 64 valence electrons. The Kier molecular flexibility index (Phi) is 4.23. The second-order valence-electron chi connectivity index (χ2n) is 3.74. The van der Waals surface area contributed by atoms with E-state index in [0.717, 1.165) is 12.7 Å². The van der Waals surface area contributed by atoms with E-state index in [1.807, 2.05) is 20.8 Å². The molecule has 0 bridgehead atoms. The van der Waals surface area contributed by atoms with Gasteiger partial charge in [0.25, 0.3) is 0 Å². The van der Waals surface area contributed by atoms with Crippen molar-refractivity contribution in [3.63, 3.8) is 0 Å². The van der Waals surface area contributed by atoms with Gasteiger partial charge in [-0.15, -0.1) is 0 Å². The standard InChI is InChI=1S/C8H17BO2/c1-8(2,3)7(10)11-6-4-5-9/h4-6,9H2,1-3H3. The predicted molar refractivity (Wildman–Crippen MR) is 48.4 cm³/mol. The van der Waals surface area contributed by atoms with Gasteiger partial charge in [-0.05, 0) is 27.2 Å². The Hall–Kier alpha value is -0.465. The number of carbonyl (C=O) groups is 1. The van der Waals surface area contributed by atoms with Gasteiger partial charge in [0.1, 0.15) is 7.85 Å². The Morgan fingerprint density at radius 1 is 1.45 bits per heavy atom. The zero-order valence-corrected chi connectivity index (χ0v) is 7.94. The van der Waals surface area contributed by atoms with E-state index < -0.39 is 0 Å². The zero-order chi connectivity index (χ0) is 8.91. The summed E-state index contributed by atoms with van der Waals surface area (Å²) in [6, 6.07) is 0. The van der Waals surface area contributed by atoms with E-state index >= 15 is 0 Å². The molecule has 0 aliphatic rings. The lowest BCUT2D eigenvalue weighted by atomic mass is 9.97. The van der Waals surface area contributed by atoms with E-state index in [1.165, 1.54) is 0 Å². The highest BCUT2D eigenvalue weighted by molar-refractivity contribution is 6.08. The molecular weight excluding hydrogens is 139 g/mol. The molecule has 0 saturated heterocycles. The van der Waals surface area contributed by atoms with Crippen molar-refractivity contribution in [2.24, 2.45) is 5.41 Å². The third kappa shape index (κ3) is 4.88. The third-order valence-electron chi connectivity index (χ3n) is 1.34. The number of esters is 1. The second kappa shape index (κ2) is 4.42. The first-order chi connectivity index (χ1) is 4.98. The minimum atomic E-state index is -0.353. The van der Waals surface area contributed by atoms with Gasteiger partial charge in [0.15, 0.2) is 0 Å². The summed E-state index contributed by atoms with van der Waals surface area (Å²) >= 11 is 0. The van der Waals surface area contributed by atoms with Crippen LogP contribution in [0.2, 0.25) is 6.32 Å². The van der Waals surface area contributed by atoms with Crippen molar-refractivity contribution < 1.29 is 9.53 Å². The molecule has 0 N–H and O–H groups in total. The van der Waals surface area contributed by atoms with E-state index in [9.17, 15) is 4.79 Å². The van der Waals surface area contributed by atoms with Crippen LogP contribution in [0.15, 0.2) is 0 Å². The molecule has 0 atom stereocenters. The first-order valence-corrected chi connectivity index (χ1v) is 4.15. The molecule has 2 nitrogen and oxygen atoms in total. The monoisotopic (exact) mass is 156 g/mol. The van der Waals surface area contributed by atoms with Crippen molar-refractivity contribution >= 4 is 13.8 Å². The first-order valence-electron chi connectivity index (χ1n) is 4.15. The molecule has 0 spiro atoms. The number of rotatable bonds is 3. The van der Waals surface area contributed by atoms with Crippen molar-refractivity contribution in [2.75, 3.05) is 6.61 Å². The first kappa shape index (κ1) is 10.5. The van der Waals surface area contributed by atoms with E-state index in [0.29, 0.717) is 6.61 Å². The summed E-state index contributed by atoms with van der Waals surface area (Å²) in [6.07, 6.45) is 2.03. The molecule has 0 aromatic carbocycles. The molecule has 0 saturated carbocycles. The Bertz CT molecular complexity index is 127. The van der Waals surface area contributed by atoms with Crippen LogP contribution in [0, 0.1) is 5.41 Å². The number of hydrogen-bond acceptors (Lipinski definition) is 2. The summed E-state index contributed by atoms with van der Waals surface area (Å²) in [6.45, 7) is 6.15. The number of ether oxygens (including phenoxy) is 1. The molecule has 3 heteroatoms. The van der Waals surface area contributed by atoms with Gasteiger partial charge in [0.2, 0.25) is 0 Å². The van der Waals surface area contributed by atoms with Gasteiger partial charge < -0.3 is 4.74 Å². The van der Waals surface area contributed by atoms with Crippen LogP contribution >= 0.6 is 0 Å². The molecule has 11 heavy (non-hydrogen) atoms. The van der Waals surface area contributed by atoms with E-state index in [4.69, 9.17) is 4.74 Å². The van der Waals surface area contributed by atoms with Crippen LogP contribution in [-0.4, -0.2) is 20.4 Å². The molecule has 0 aliphatic carbocycles. The van der Waals surface area contributed by atoms with Crippen LogP contribution in [0.3, 0.4) is 0 Å². The number of carbonyl (C=O) groups excluding carboxylic acids is 1. The maximum atomic E-state index is 11.1. The lowest BCUT2D eigenvalue weighted by Crippen LogP contribution is -2.23. The van der Waals surface area contributed by atoms with Crippen molar-refractivity contribution in [1.82, 2.24) is 0 Å². The van der Waals surface area contributed by atoms with Gasteiger partial charge >= 0.3 is 5.97 Å². The summed E-state index contributed by atoms with van der Waals surface area (Å²) < 4.78 is 5.01. The van der Waals surface area contributed by atoms with E-state index in [-0.39, 0.29) is 11.4 Å². The minimum absolute atomic E-state index is 0.106. The van der Waals surface area contributed by atoms with Crippen LogP contribution in [-0.2, 0) is 9.53 Å². The largest absolute Gasteiger partial charge is 0.465 e. The quantitative estimate of drug-likeness (QED) is 0.346. The average molecular weight is 156 g/mol. The van der Waals surface area contributed by atoms with E-state index in [2.05, 4.69) is 7.85 Å². The Morgan fingerprint density at radius 2 is 2.00 bits per heavy atom. The van der Waals surface area contributed by atoms with Crippen molar-refractivity contribution in [2.45, 2.75) is 33.5 Å². The molecule has 0 aliphatic heterocycles. The molecule has 0 radical (unpaired) electrons. The van der Waals surface area contributed by atoms with Crippen LogP contribution in [0.4, 0.5) is 0 Å². The molecule has 0 unspecified atom stereocenters. The fraction of sp³-hybridized carbons (Fsp3) is 0.875. The van der Waals surface area contributed by atoms with Gasteiger partial charge in [-0.3, -0.25) is 4.79 Å². The summed E-state index contributed by atoms with van der Waals surface area (Å²) in [7, 11) is 2.07. The van der Waals surface area contributed by atoms with E-state index in [1.54, 1.807) is 0 Å². The molecule has 0 fully saturated rings. The van der Waals surface area contributed by atoms with Gasteiger partial charge in [-0.1, -0.05) is 6.32 Å². The highest BCUT2D eigenvalue weighted by Crippen LogP contribution is 2.14. The summed E-state index contributed by atoms with van der Waals surface area (Å²) in [5.74, 6) is -0.106. The SMILES string of the molecule is BCCCOC(=O)C(C)(C)C. The van der Waals surface area contributed by atoms with Crippen LogP contribution in [0.25, 0.3) is 0 Å². The highest BCUT2D eigenvalue weighted by Gasteiger charge is 2.22. The zero-order valence-electron chi connectivity index (χ0n) is 7.94. The van der Waals surface area contributed by atoms with Gasteiger partial charge in [0, 0.05) is 0 Å². The van der Waals surface area contributed by atoms with Crippen molar-refractivity contribution in [1.29, 1.82) is 0 Å². The summed E-state index contributed by atoms with van der Waals surface area (Å²) in [5.41, 5.74) is -0.353. The molecule has 0 aromatic heterocycles. The van der Waals surface area contributed by atoms with Crippen LogP contribution < -0.4 is 0 Å². The van der Waals surface area contributed by atoms with Gasteiger partial charge in [0.05, 0.1) is 12.0 Å². The van der Waals surface area contributed by atoms with Crippen molar-refractivity contribution in [3.8, 4) is 0 Å². The lowest BCUT2D eigenvalue weighted by molar-refractivity contribution is -0.152. The van der Waals surface area contributed by atoms with Gasteiger partial charge in [-0.2, -0.15) is 0 Å². The van der Waals surface area contributed by atoms with Crippen molar-refractivity contribution in [3.05, 3.63) is 0 Å². The smallest absolute Gasteiger partial charge is 0.311 e. The molecular formula is C8H17BO2. The van der Waals surface area contributed by atoms with Crippen LogP contribution in [0.1, 0.15) is 27.2 Å². The number of hydrogen-bond donors (Lipinski definition) is 0. The van der Waals surface area contributed by atoms with Crippen LogP contribution in [0.5, 0.6) is 0 Å². The Morgan fingerprint density at radius 3 is 2.36 bits per heavy atom. The fourth-order valence-electron chi connectivity index (χ4n) is 0.526. The molecule has 0 aromatic rings. The predicted octanol–water partition coefficient (Wildman–Crippen LogP) is 1.02. The maximum Gasteiger partial charge on any atom is 0.311 e. The fourth-order valence-corrected chi connectivity index (χ4v) is 0.526. The van der Waals surface area contributed by atoms with Gasteiger partial charge in [-0.25, -0.2) is 0 Å². The Balaban J connectivity index is 3.54. The lowest BCUT2D eigenvalue weighted by Gasteiger charge is -2.16. The molecule has 0 rings (SSSR count). The third-order valence-corrected chi connectivity index (χ3v) is 1.34. The minimum Gasteiger partial charge on any atom is -0.465 e. The maximum absolute atomic E-state index is 11.1. The average Bonchev–Trinajstić information content (AvgIpc) is 1.86. The Labute approximate surface area is 69.7 Å². The second-order valence-corrected chi connectivity index (χ2v) is 3.74.